The van der Waals surface area contributed by atoms with Crippen LogP contribution in [-0.2, 0) is 4.79 Å². The lowest BCUT2D eigenvalue weighted by atomic mass is 10.2. The number of amides is 1. The van der Waals surface area contributed by atoms with Crippen LogP contribution in [0, 0.1) is 0 Å². The molecular weight excluding hydrogens is 308 g/mol. The Hall–Kier alpha value is -1.59. The quantitative estimate of drug-likeness (QED) is 0.887. The van der Waals surface area contributed by atoms with E-state index in [1.165, 1.54) is 0 Å². The van der Waals surface area contributed by atoms with Crippen molar-refractivity contribution in [2.24, 2.45) is 0 Å². The van der Waals surface area contributed by atoms with Crippen molar-refractivity contribution in [3.8, 4) is 0 Å². The summed E-state index contributed by atoms with van der Waals surface area (Å²) in [6.07, 6.45) is 1.62. The molecular formula is C14H15BrN2O2. The Morgan fingerprint density at radius 2 is 2.11 bits per heavy atom. The third kappa shape index (κ3) is 3.94. The minimum Gasteiger partial charge on any atom is -0.468 e. The van der Waals surface area contributed by atoms with E-state index in [-0.39, 0.29) is 18.5 Å². The van der Waals surface area contributed by atoms with Crippen LogP contribution in [0.1, 0.15) is 18.7 Å². The van der Waals surface area contributed by atoms with Crippen LogP contribution in [0.3, 0.4) is 0 Å². The molecule has 1 heterocycles. The maximum absolute atomic E-state index is 11.8. The summed E-state index contributed by atoms with van der Waals surface area (Å²) in [6.45, 7) is 2.17. The molecule has 0 fully saturated rings. The number of para-hydroxylation sites is 1. The lowest BCUT2D eigenvalue weighted by Gasteiger charge is -2.12. The molecule has 0 unspecified atom stereocenters. The molecule has 2 N–H and O–H groups in total. The van der Waals surface area contributed by atoms with Crippen molar-refractivity contribution in [2.45, 2.75) is 13.0 Å². The van der Waals surface area contributed by atoms with Crippen LogP contribution < -0.4 is 10.6 Å². The predicted octanol–water partition coefficient (Wildman–Crippen LogP) is 3.33. The van der Waals surface area contributed by atoms with Gasteiger partial charge in [0, 0.05) is 4.47 Å². The number of halogens is 1. The molecule has 0 aliphatic rings. The Labute approximate surface area is 120 Å². The number of hydrogen-bond acceptors (Lipinski definition) is 3. The number of nitrogens with one attached hydrogen (secondary N) is 2. The molecule has 0 aliphatic carbocycles. The standard InChI is InChI=1S/C14H15BrN2O2/c1-10(13-7-4-8-19-13)16-9-14(18)17-12-6-3-2-5-11(12)15/h2-8,10,16H,9H2,1H3,(H,17,18)/t10-/m1/s1. The monoisotopic (exact) mass is 322 g/mol. The summed E-state index contributed by atoms with van der Waals surface area (Å²) in [5.41, 5.74) is 0.764. The van der Waals surface area contributed by atoms with E-state index in [0.717, 1.165) is 15.9 Å². The van der Waals surface area contributed by atoms with Gasteiger partial charge in [0.05, 0.1) is 24.5 Å². The predicted molar refractivity (Wildman–Crippen MR) is 77.9 cm³/mol. The molecule has 2 aromatic rings. The van der Waals surface area contributed by atoms with Gasteiger partial charge in [-0.15, -0.1) is 0 Å². The van der Waals surface area contributed by atoms with E-state index in [1.807, 2.05) is 43.3 Å². The molecule has 1 aromatic heterocycles. The van der Waals surface area contributed by atoms with Crippen molar-refractivity contribution in [1.29, 1.82) is 0 Å². The van der Waals surface area contributed by atoms with Gasteiger partial charge >= 0.3 is 0 Å². The third-order valence-corrected chi connectivity index (χ3v) is 3.38. The molecule has 1 amide bonds. The normalized spacial score (nSPS) is 12.1. The Balaban J connectivity index is 1.84. The smallest absolute Gasteiger partial charge is 0.238 e. The van der Waals surface area contributed by atoms with E-state index in [4.69, 9.17) is 4.42 Å². The zero-order chi connectivity index (χ0) is 13.7. The van der Waals surface area contributed by atoms with Gasteiger partial charge in [0.1, 0.15) is 5.76 Å². The van der Waals surface area contributed by atoms with Gasteiger partial charge in [0.25, 0.3) is 0 Å². The zero-order valence-corrected chi connectivity index (χ0v) is 12.1. The maximum atomic E-state index is 11.8. The molecule has 1 atom stereocenters. The van der Waals surface area contributed by atoms with Gasteiger partial charge in [-0.3, -0.25) is 10.1 Å². The van der Waals surface area contributed by atoms with Crippen LogP contribution in [0.2, 0.25) is 0 Å². The van der Waals surface area contributed by atoms with Gasteiger partial charge in [-0.2, -0.15) is 0 Å². The van der Waals surface area contributed by atoms with Crippen LogP contribution in [0.4, 0.5) is 5.69 Å². The summed E-state index contributed by atoms with van der Waals surface area (Å²) >= 11 is 3.39. The molecule has 1 aromatic carbocycles. The molecule has 0 saturated heterocycles. The van der Waals surface area contributed by atoms with Crippen molar-refractivity contribution in [3.05, 3.63) is 52.9 Å². The van der Waals surface area contributed by atoms with Gasteiger partial charge in [0.2, 0.25) is 5.91 Å². The number of furan rings is 1. The number of anilines is 1. The number of carbonyl (C=O) groups is 1. The van der Waals surface area contributed by atoms with Gasteiger partial charge < -0.3 is 9.73 Å². The number of carbonyl (C=O) groups excluding carboxylic acids is 1. The Bertz CT molecular complexity index is 540. The van der Waals surface area contributed by atoms with E-state index in [2.05, 4.69) is 26.6 Å². The average Bonchev–Trinajstić information content (AvgIpc) is 2.93. The third-order valence-electron chi connectivity index (χ3n) is 2.69. The van der Waals surface area contributed by atoms with E-state index in [1.54, 1.807) is 6.26 Å². The largest absolute Gasteiger partial charge is 0.468 e. The molecule has 100 valence electrons. The highest BCUT2D eigenvalue weighted by Crippen LogP contribution is 2.21. The lowest BCUT2D eigenvalue weighted by Crippen LogP contribution is -2.30. The van der Waals surface area contributed by atoms with Crippen LogP contribution in [0.5, 0.6) is 0 Å². The van der Waals surface area contributed by atoms with Crippen molar-refractivity contribution in [3.63, 3.8) is 0 Å². The summed E-state index contributed by atoms with van der Waals surface area (Å²) in [7, 11) is 0. The molecule has 19 heavy (non-hydrogen) atoms. The lowest BCUT2D eigenvalue weighted by molar-refractivity contribution is -0.115. The highest BCUT2D eigenvalue weighted by Gasteiger charge is 2.10. The second-order valence-corrected chi connectivity index (χ2v) is 5.00. The molecule has 4 nitrogen and oxygen atoms in total. The Kier molecular flexibility index (Phi) is 4.76. The Morgan fingerprint density at radius 3 is 2.79 bits per heavy atom. The van der Waals surface area contributed by atoms with Gasteiger partial charge in [-0.25, -0.2) is 0 Å². The topological polar surface area (TPSA) is 54.3 Å². The van der Waals surface area contributed by atoms with Gasteiger partial charge in [-0.05, 0) is 47.1 Å². The van der Waals surface area contributed by atoms with Crippen molar-refractivity contribution < 1.29 is 9.21 Å². The van der Waals surface area contributed by atoms with Gasteiger partial charge in [-0.1, -0.05) is 12.1 Å². The number of hydrogen-bond donors (Lipinski definition) is 2. The molecule has 0 spiro atoms. The van der Waals surface area contributed by atoms with Crippen molar-refractivity contribution in [2.75, 3.05) is 11.9 Å². The first kappa shape index (κ1) is 13.8. The summed E-state index contributed by atoms with van der Waals surface area (Å²) < 4.78 is 6.13. The zero-order valence-electron chi connectivity index (χ0n) is 10.5. The maximum Gasteiger partial charge on any atom is 0.238 e. The molecule has 2 rings (SSSR count). The first-order chi connectivity index (χ1) is 9.16. The number of rotatable bonds is 5. The molecule has 0 aliphatic heterocycles. The molecule has 5 heteroatoms. The average molecular weight is 323 g/mol. The summed E-state index contributed by atoms with van der Waals surface area (Å²) in [6, 6.07) is 11.2. The minimum absolute atomic E-state index is 0.0000333. The van der Waals surface area contributed by atoms with Gasteiger partial charge in [0.15, 0.2) is 0 Å². The SMILES string of the molecule is C[C@@H](NCC(=O)Nc1ccccc1Br)c1ccco1. The van der Waals surface area contributed by atoms with Crippen molar-refractivity contribution in [1.82, 2.24) is 5.32 Å². The van der Waals surface area contributed by atoms with E-state index < -0.39 is 0 Å². The Morgan fingerprint density at radius 1 is 1.32 bits per heavy atom. The van der Waals surface area contributed by atoms with Crippen LogP contribution in [-0.4, -0.2) is 12.5 Å². The second-order valence-electron chi connectivity index (χ2n) is 4.15. The van der Waals surface area contributed by atoms with Crippen LogP contribution >= 0.6 is 15.9 Å². The highest BCUT2D eigenvalue weighted by molar-refractivity contribution is 9.10. The second kappa shape index (κ2) is 6.54. The number of benzene rings is 1. The first-order valence-electron chi connectivity index (χ1n) is 5.98. The van der Waals surface area contributed by atoms with E-state index in [9.17, 15) is 4.79 Å². The fourth-order valence-electron chi connectivity index (χ4n) is 1.64. The summed E-state index contributed by atoms with van der Waals surface area (Å²) in [5.74, 6) is 0.721. The van der Waals surface area contributed by atoms with Crippen LogP contribution in [0.25, 0.3) is 0 Å². The van der Waals surface area contributed by atoms with E-state index in [0.29, 0.717) is 0 Å². The van der Waals surface area contributed by atoms with Crippen LogP contribution in [0.15, 0.2) is 51.6 Å². The fourth-order valence-corrected chi connectivity index (χ4v) is 2.02. The van der Waals surface area contributed by atoms with E-state index >= 15 is 0 Å². The summed E-state index contributed by atoms with van der Waals surface area (Å²) in [5, 5.41) is 5.94. The first-order valence-corrected chi connectivity index (χ1v) is 6.77. The summed E-state index contributed by atoms with van der Waals surface area (Å²) in [4.78, 5) is 11.8. The fraction of sp³-hybridized carbons (Fsp3) is 0.214. The molecule has 0 radical (unpaired) electrons. The molecule has 0 bridgehead atoms. The highest BCUT2D eigenvalue weighted by atomic mass is 79.9. The molecule has 0 saturated carbocycles. The van der Waals surface area contributed by atoms with Crippen molar-refractivity contribution >= 4 is 27.5 Å². The minimum atomic E-state index is -0.0923.